The summed E-state index contributed by atoms with van der Waals surface area (Å²) in [5, 5.41) is 0. The Bertz CT molecular complexity index is 1390. The Morgan fingerprint density at radius 1 is 0.538 bits per heavy atom. The van der Waals surface area contributed by atoms with Crippen molar-refractivity contribution >= 4 is 23.6 Å². The van der Waals surface area contributed by atoms with Crippen LogP contribution in [0.15, 0.2) is 109 Å². The van der Waals surface area contributed by atoms with Crippen molar-refractivity contribution in [2.24, 2.45) is 0 Å². The number of benzene rings is 4. The number of nitrogens with zero attached hydrogens (tertiary/aromatic N) is 1. The number of fused-ring (bicyclic) bond motifs is 4. The van der Waals surface area contributed by atoms with Crippen LogP contribution in [0, 0.1) is 0 Å². The van der Waals surface area contributed by atoms with Gasteiger partial charge in [0.05, 0.1) is 0 Å². The van der Waals surface area contributed by atoms with Crippen LogP contribution < -0.4 is 0 Å². The SMILES string of the molecule is Cl.[2H]C([2H])([2H])N(CCC=C1c2ccccc2CCc2ccccc21)CCC=C1c2ccccc2CCc2ccccc21. The first-order valence-corrected chi connectivity index (χ1v) is 14.0. The summed E-state index contributed by atoms with van der Waals surface area (Å²) in [5.41, 5.74) is 13.0. The molecule has 1 nitrogen and oxygen atoms in total. The van der Waals surface area contributed by atoms with Gasteiger partial charge in [-0.1, -0.05) is 109 Å². The first-order chi connectivity index (χ1) is 20.0. The molecule has 0 saturated heterocycles. The average molecular weight is 535 g/mol. The second-order valence-electron chi connectivity index (χ2n) is 10.4. The molecule has 0 N–H and O–H groups in total. The molecule has 4 aromatic carbocycles. The van der Waals surface area contributed by atoms with E-state index in [1.165, 1.54) is 55.7 Å². The van der Waals surface area contributed by atoms with E-state index >= 15 is 0 Å². The third-order valence-electron chi connectivity index (χ3n) is 8.05. The minimum absolute atomic E-state index is 0. The summed E-state index contributed by atoms with van der Waals surface area (Å²) in [6.45, 7) is -1.17. The third-order valence-corrected chi connectivity index (χ3v) is 8.05. The molecule has 0 amide bonds. The van der Waals surface area contributed by atoms with Gasteiger partial charge in [0, 0.05) is 17.2 Å². The van der Waals surface area contributed by atoms with E-state index in [-0.39, 0.29) is 12.4 Å². The summed E-state index contributed by atoms with van der Waals surface area (Å²) in [6.07, 6.45) is 9.96. The number of hydrogen-bond donors (Lipinski definition) is 0. The molecular weight excluding hydrogens is 494 g/mol. The van der Waals surface area contributed by atoms with Crippen LogP contribution in [0.4, 0.5) is 0 Å². The van der Waals surface area contributed by atoms with Crippen LogP contribution in [0.5, 0.6) is 0 Å². The van der Waals surface area contributed by atoms with Crippen LogP contribution in [-0.4, -0.2) is 25.0 Å². The van der Waals surface area contributed by atoms with Gasteiger partial charge in [-0.05, 0) is 101 Å². The zero-order valence-corrected chi connectivity index (χ0v) is 23.2. The van der Waals surface area contributed by atoms with Gasteiger partial charge in [-0.25, -0.2) is 0 Å². The van der Waals surface area contributed by atoms with Crippen LogP contribution in [0.3, 0.4) is 0 Å². The number of halogens is 1. The average Bonchev–Trinajstić information content (AvgIpc) is 3.24. The molecule has 0 bridgehead atoms. The van der Waals surface area contributed by atoms with Crippen LogP contribution >= 0.6 is 12.4 Å². The summed E-state index contributed by atoms with van der Waals surface area (Å²) in [7, 11) is 0. The number of aryl methyl sites for hydroxylation is 4. The van der Waals surface area contributed by atoms with Crippen molar-refractivity contribution < 1.29 is 4.11 Å². The van der Waals surface area contributed by atoms with E-state index in [1.54, 1.807) is 4.90 Å². The molecule has 4 aromatic rings. The Kier molecular flexibility index (Phi) is 7.62. The quantitative estimate of drug-likeness (QED) is 0.239. The molecule has 0 atom stereocenters. The zero-order valence-electron chi connectivity index (χ0n) is 25.4. The zero-order chi connectivity index (χ0) is 28.2. The van der Waals surface area contributed by atoms with Crippen molar-refractivity contribution in [1.29, 1.82) is 0 Å². The predicted octanol–water partition coefficient (Wildman–Crippen LogP) is 8.58. The van der Waals surface area contributed by atoms with Gasteiger partial charge in [0.2, 0.25) is 0 Å². The van der Waals surface area contributed by atoms with Gasteiger partial charge in [-0.15, -0.1) is 12.4 Å². The highest BCUT2D eigenvalue weighted by molar-refractivity contribution is 5.85. The van der Waals surface area contributed by atoms with E-state index in [2.05, 4.69) is 109 Å². The fraction of sp³-hybridized carbons (Fsp3) is 0.243. The van der Waals surface area contributed by atoms with Crippen molar-refractivity contribution in [2.45, 2.75) is 38.5 Å². The van der Waals surface area contributed by atoms with Crippen molar-refractivity contribution in [3.8, 4) is 0 Å². The molecule has 39 heavy (non-hydrogen) atoms. The molecule has 0 unspecified atom stereocenters. The molecule has 2 heteroatoms. The Hall–Kier alpha value is -3.39. The lowest BCUT2D eigenvalue weighted by Gasteiger charge is -2.17. The first kappa shape index (κ1) is 23.5. The molecule has 2 aliphatic rings. The Labute approximate surface area is 244 Å². The highest BCUT2D eigenvalue weighted by Gasteiger charge is 2.18. The Balaban J connectivity index is 0.00000353. The molecule has 0 spiro atoms. The molecular formula is C37H38ClN. The summed E-state index contributed by atoms with van der Waals surface area (Å²) in [6, 6.07) is 34.6. The summed E-state index contributed by atoms with van der Waals surface area (Å²) in [4.78, 5) is 1.67. The lowest BCUT2D eigenvalue weighted by atomic mass is 9.93. The fourth-order valence-electron chi connectivity index (χ4n) is 6.11. The van der Waals surface area contributed by atoms with Crippen LogP contribution in [0.1, 0.15) is 61.5 Å². The normalized spacial score (nSPS) is 15.2. The maximum atomic E-state index is 8.29. The van der Waals surface area contributed by atoms with Gasteiger partial charge in [-0.2, -0.15) is 0 Å². The topological polar surface area (TPSA) is 3.24 Å². The highest BCUT2D eigenvalue weighted by atomic mass is 35.5. The molecule has 0 aromatic heterocycles. The maximum absolute atomic E-state index is 8.29. The van der Waals surface area contributed by atoms with E-state index in [0.717, 1.165) is 25.7 Å². The van der Waals surface area contributed by atoms with Crippen LogP contribution in [0.2, 0.25) is 0 Å². The second kappa shape index (κ2) is 12.6. The van der Waals surface area contributed by atoms with Gasteiger partial charge in [0.1, 0.15) is 0 Å². The Morgan fingerprint density at radius 3 is 1.15 bits per heavy atom. The monoisotopic (exact) mass is 534 g/mol. The molecule has 0 heterocycles. The molecule has 0 fully saturated rings. The van der Waals surface area contributed by atoms with Crippen molar-refractivity contribution in [1.82, 2.24) is 4.90 Å². The van der Waals surface area contributed by atoms with Crippen LogP contribution in [0.25, 0.3) is 11.1 Å². The smallest absolute Gasteiger partial charge is 0.0394 e. The number of rotatable bonds is 6. The molecule has 0 saturated carbocycles. The lowest BCUT2D eigenvalue weighted by Crippen LogP contribution is -2.20. The lowest BCUT2D eigenvalue weighted by molar-refractivity contribution is 0.348. The minimum atomic E-state index is -2.14. The Morgan fingerprint density at radius 2 is 0.846 bits per heavy atom. The predicted molar refractivity (Wildman–Crippen MR) is 169 cm³/mol. The molecule has 0 radical (unpaired) electrons. The van der Waals surface area contributed by atoms with Crippen molar-refractivity contribution in [2.75, 3.05) is 20.1 Å². The van der Waals surface area contributed by atoms with E-state index in [9.17, 15) is 0 Å². The first-order valence-electron chi connectivity index (χ1n) is 15.5. The molecule has 0 aliphatic heterocycles. The van der Waals surface area contributed by atoms with Gasteiger partial charge in [0.25, 0.3) is 0 Å². The van der Waals surface area contributed by atoms with Gasteiger partial charge in [0.15, 0.2) is 0 Å². The molecule has 198 valence electrons. The van der Waals surface area contributed by atoms with Crippen molar-refractivity contribution in [3.63, 3.8) is 0 Å². The largest absolute Gasteiger partial charge is 0.306 e. The maximum Gasteiger partial charge on any atom is 0.0394 e. The summed E-state index contributed by atoms with van der Waals surface area (Å²) < 4.78 is 24.9. The standard InChI is InChI=1S/C37H37N.ClH/c1-38(26-10-20-36-32-16-6-2-12-28(32)22-23-29-13-3-7-17-33(29)36)27-11-21-37-34-18-8-4-14-30(34)24-25-31-15-5-9-19-35(31)37;/h2-9,12-21H,10-11,22-27H2,1H3;1H/i1D3;. The van der Waals surface area contributed by atoms with E-state index in [0.29, 0.717) is 25.9 Å². The van der Waals surface area contributed by atoms with E-state index in [1.807, 2.05) is 0 Å². The minimum Gasteiger partial charge on any atom is -0.306 e. The summed E-state index contributed by atoms with van der Waals surface area (Å²) >= 11 is 0. The van der Waals surface area contributed by atoms with Gasteiger partial charge >= 0.3 is 0 Å². The molecule has 6 rings (SSSR count). The number of hydrogen-bond acceptors (Lipinski definition) is 1. The highest BCUT2D eigenvalue weighted by Crippen LogP contribution is 2.35. The van der Waals surface area contributed by atoms with Crippen molar-refractivity contribution in [3.05, 3.63) is 154 Å². The molecule has 2 aliphatic carbocycles. The fourth-order valence-corrected chi connectivity index (χ4v) is 6.11. The van der Waals surface area contributed by atoms with E-state index in [4.69, 9.17) is 4.11 Å². The van der Waals surface area contributed by atoms with Gasteiger partial charge < -0.3 is 4.90 Å². The second-order valence-corrected chi connectivity index (χ2v) is 10.4. The third kappa shape index (κ3) is 5.96. The van der Waals surface area contributed by atoms with Gasteiger partial charge in [-0.3, -0.25) is 0 Å². The van der Waals surface area contributed by atoms with Crippen LogP contribution in [-0.2, 0) is 25.7 Å². The summed E-state index contributed by atoms with van der Waals surface area (Å²) in [5.74, 6) is 0. The van der Waals surface area contributed by atoms with E-state index < -0.39 is 6.98 Å².